The molecule has 2 amide bonds. The van der Waals surface area contributed by atoms with Crippen LogP contribution in [0.1, 0.15) is 28.8 Å². The Morgan fingerprint density at radius 1 is 1.04 bits per heavy atom. The van der Waals surface area contributed by atoms with E-state index in [0.717, 1.165) is 12.8 Å². The molecule has 4 rings (SSSR count). The van der Waals surface area contributed by atoms with Gasteiger partial charge in [-0.3, -0.25) is 9.59 Å². The summed E-state index contributed by atoms with van der Waals surface area (Å²) in [5.41, 5.74) is 2.01. The van der Waals surface area contributed by atoms with Gasteiger partial charge in [0.1, 0.15) is 6.04 Å². The summed E-state index contributed by atoms with van der Waals surface area (Å²) in [4.78, 5) is 27.2. The first-order valence-electron chi connectivity index (χ1n) is 8.97. The minimum Gasteiger partial charge on any atom is -0.353 e. The van der Waals surface area contributed by atoms with Crippen LogP contribution in [0.3, 0.4) is 0 Å². The van der Waals surface area contributed by atoms with E-state index in [0.29, 0.717) is 23.7 Å². The second-order valence-corrected chi connectivity index (χ2v) is 8.02. The van der Waals surface area contributed by atoms with Crippen LogP contribution < -0.4 is 5.32 Å². The van der Waals surface area contributed by atoms with Crippen LogP contribution in [0.4, 0.5) is 0 Å². The Balaban J connectivity index is 1.41. The van der Waals surface area contributed by atoms with Crippen molar-refractivity contribution in [3.05, 3.63) is 71.8 Å². The molecule has 1 aliphatic heterocycles. The Hall–Kier alpha value is -2.27. The molecule has 2 aliphatic rings. The summed E-state index contributed by atoms with van der Waals surface area (Å²) < 4.78 is 0. The number of carbonyl (C=O) groups is 2. The highest BCUT2D eigenvalue weighted by Gasteiger charge is 2.45. The van der Waals surface area contributed by atoms with Crippen molar-refractivity contribution >= 4 is 23.6 Å². The van der Waals surface area contributed by atoms with Crippen molar-refractivity contribution in [3.8, 4) is 0 Å². The van der Waals surface area contributed by atoms with Crippen molar-refractivity contribution in [2.75, 3.05) is 18.2 Å². The fourth-order valence-electron chi connectivity index (χ4n) is 3.49. The van der Waals surface area contributed by atoms with E-state index in [-0.39, 0.29) is 23.3 Å². The molecule has 1 heterocycles. The highest BCUT2D eigenvalue weighted by molar-refractivity contribution is 7.99. The largest absolute Gasteiger partial charge is 0.353 e. The smallest absolute Gasteiger partial charge is 0.255 e. The summed E-state index contributed by atoms with van der Waals surface area (Å²) in [5.74, 6) is 1.11. The molecule has 1 saturated carbocycles. The first kappa shape index (κ1) is 17.2. The van der Waals surface area contributed by atoms with E-state index in [9.17, 15) is 9.59 Å². The van der Waals surface area contributed by atoms with E-state index in [1.807, 2.05) is 36.4 Å². The molecule has 2 aromatic rings. The molecule has 5 heteroatoms. The SMILES string of the molecule is O=C(NCC1(c2ccccc2)CC1)[C@H]1CSCN1C(=O)c1ccccc1. The fourth-order valence-corrected chi connectivity index (χ4v) is 4.64. The van der Waals surface area contributed by atoms with Crippen LogP contribution in [0.15, 0.2) is 60.7 Å². The van der Waals surface area contributed by atoms with Crippen LogP contribution >= 0.6 is 11.8 Å². The summed E-state index contributed by atoms with van der Waals surface area (Å²) in [5, 5.41) is 3.12. The average Bonchev–Trinajstić information content (AvgIpc) is 3.34. The Bertz CT molecular complexity index is 790. The Morgan fingerprint density at radius 2 is 1.69 bits per heavy atom. The molecule has 0 unspecified atom stereocenters. The molecule has 1 aliphatic carbocycles. The van der Waals surface area contributed by atoms with E-state index >= 15 is 0 Å². The van der Waals surface area contributed by atoms with E-state index in [4.69, 9.17) is 0 Å². The number of hydrogen-bond donors (Lipinski definition) is 1. The number of amides is 2. The second-order valence-electron chi connectivity index (χ2n) is 7.02. The topological polar surface area (TPSA) is 49.4 Å². The quantitative estimate of drug-likeness (QED) is 0.885. The van der Waals surface area contributed by atoms with Gasteiger partial charge >= 0.3 is 0 Å². The molecule has 0 aromatic heterocycles. The Morgan fingerprint density at radius 3 is 2.35 bits per heavy atom. The number of thioether (sulfide) groups is 1. The van der Waals surface area contributed by atoms with Gasteiger partial charge < -0.3 is 10.2 Å². The van der Waals surface area contributed by atoms with Crippen LogP contribution in [-0.2, 0) is 10.2 Å². The summed E-state index contributed by atoms with van der Waals surface area (Å²) in [6, 6.07) is 19.2. The summed E-state index contributed by atoms with van der Waals surface area (Å²) in [6.45, 7) is 0.643. The highest BCUT2D eigenvalue weighted by atomic mass is 32.2. The lowest BCUT2D eigenvalue weighted by molar-refractivity contribution is -0.124. The number of hydrogen-bond acceptors (Lipinski definition) is 3. The zero-order valence-electron chi connectivity index (χ0n) is 14.6. The second kappa shape index (κ2) is 7.16. The molecular weight excluding hydrogens is 344 g/mol. The van der Waals surface area contributed by atoms with Crippen molar-refractivity contribution in [2.24, 2.45) is 0 Å². The van der Waals surface area contributed by atoms with E-state index in [1.54, 1.807) is 28.8 Å². The van der Waals surface area contributed by atoms with Crippen molar-refractivity contribution in [3.63, 3.8) is 0 Å². The van der Waals surface area contributed by atoms with Gasteiger partial charge in [0.15, 0.2) is 0 Å². The molecule has 26 heavy (non-hydrogen) atoms. The van der Waals surface area contributed by atoms with Crippen molar-refractivity contribution in [1.29, 1.82) is 0 Å². The zero-order chi connectivity index (χ0) is 18.0. The third-order valence-electron chi connectivity index (χ3n) is 5.31. The predicted octanol–water partition coefficient (Wildman–Crippen LogP) is 3.05. The molecule has 0 radical (unpaired) electrons. The van der Waals surface area contributed by atoms with Gasteiger partial charge in [0.25, 0.3) is 5.91 Å². The van der Waals surface area contributed by atoms with Gasteiger partial charge in [-0.1, -0.05) is 48.5 Å². The van der Waals surface area contributed by atoms with Crippen molar-refractivity contribution in [2.45, 2.75) is 24.3 Å². The lowest BCUT2D eigenvalue weighted by atomic mass is 9.96. The van der Waals surface area contributed by atoms with Gasteiger partial charge in [0.2, 0.25) is 5.91 Å². The van der Waals surface area contributed by atoms with Crippen molar-refractivity contribution < 1.29 is 9.59 Å². The molecule has 134 valence electrons. The van der Waals surface area contributed by atoms with Gasteiger partial charge in [-0.2, -0.15) is 0 Å². The monoisotopic (exact) mass is 366 g/mol. The first-order chi connectivity index (χ1) is 12.7. The maximum atomic E-state index is 12.8. The minimum absolute atomic E-state index is 0.0403. The van der Waals surface area contributed by atoms with Crippen molar-refractivity contribution in [1.82, 2.24) is 10.2 Å². The summed E-state index contributed by atoms with van der Waals surface area (Å²) >= 11 is 1.63. The van der Waals surface area contributed by atoms with E-state index in [1.165, 1.54) is 5.56 Å². The molecule has 1 saturated heterocycles. The Kier molecular flexibility index (Phi) is 4.72. The van der Waals surface area contributed by atoms with Crippen LogP contribution in [0.2, 0.25) is 0 Å². The third kappa shape index (κ3) is 3.36. The predicted molar refractivity (Wildman–Crippen MR) is 104 cm³/mol. The van der Waals surface area contributed by atoms with Gasteiger partial charge in [-0.25, -0.2) is 0 Å². The molecule has 2 aromatic carbocycles. The molecule has 4 nitrogen and oxygen atoms in total. The van der Waals surface area contributed by atoms with E-state index < -0.39 is 0 Å². The summed E-state index contributed by atoms with van der Waals surface area (Å²) in [6.07, 6.45) is 2.20. The van der Waals surface area contributed by atoms with Crippen LogP contribution in [-0.4, -0.2) is 40.9 Å². The minimum atomic E-state index is -0.390. The van der Waals surface area contributed by atoms with Gasteiger partial charge in [0.05, 0.1) is 5.88 Å². The normalized spacial score (nSPS) is 20.6. The highest BCUT2D eigenvalue weighted by Crippen LogP contribution is 2.47. The van der Waals surface area contributed by atoms with Crippen LogP contribution in [0.25, 0.3) is 0 Å². The molecular formula is C21H22N2O2S. The standard InChI is InChI=1S/C21H22N2O2S/c24-19(22-14-21(11-12-21)17-9-5-2-6-10-17)18-13-26-15-23(18)20(25)16-7-3-1-4-8-16/h1-10,18H,11-15H2,(H,22,24)/t18-/m1/s1. The van der Waals surface area contributed by atoms with Gasteiger partial charge in [-0.15, -0.1) is 11.8 Å². The van der Waals surface area contributed by atoms with E-state index in [2.05, 4.69) is 17.4 Å². The first-order valence-corrected chi connectivity index (χ1v) is 10.1. The number of carbonyl (C=O) groups excluding carboxylic acids is 2. The molecule has 1 atom stereocenters. The van der Waals surface area contributed by atoms with Gasteiger partial charge in [0, 0.05) is 23.3 Å². The third-order valence-corrected chi connectivity index (χ3v) is 6.32. The average molecular weight is 366 g/mol. The lowest BCUT2D eigenvalue weighted by Crippen LogP contribution is -2.48. The molecule has 2 fully saturated rings. The zero-order valence-corrected chi connectivity index (χ0v) is 15.4. The van der Waals surface area contributed by atoms with Gasteiger partial charge in [-0.05, 0) is 30.5 Å². The number of nitrogens with one attached hydrogen (secondary N) is 1. The van der Waals surface area contributed by atoms with Crippen LogP contribution in [0.5, 0.6) is 0 Å². The molecule has 0 spiro atoms. The Labute approximate surface area is 158 Å². The number of nitrogens with zero attached hydrogens (tertiary/aromatic N) is 1. The summed E-state index contributed by atoms with van der Waals surface area (Å²) in [7, 11) is 0. The van der Waals surface area contributed by atoms with Crippen LogP contribution in [0, 0.1) is 0 Å². The molecule has 1 N–H and O–H groups in total. The maximum absolute atomic E-state index is 12.8. The lowest BCUT2D eigenvalue weighted by Gasteiger charge is -2.24. The number of benzene rings is 2. The molecule has 0 bridgehead atoms. The maximum Gasteiger partial charge on any atom is 0.255 e. The number of rotatable bonds is 5. The fraction of sp³-hybridized carbons (Fsp3) is 0.333.